The summed E-state index contributed by atoms with van der Waals surface area (Å²) < 4.78 is 2.26. The van der Waals surface area contributed by atoms with Gasteiger partial charge < -0.3 is 4.90 Å². The van der Waals surface area contributed by atoms with Crippen LogP contribution in [0.5, 0.6) is 0 Å². The average molecular weight is 295 g/mol. The molecule has 0 atom stereocenters. The third kappa shape index (κ3) is 5.03. The molecule has 1 aromatic heterocycles. The van der Waals surface area contributed by atoms with E-state index in [1.165, 1.54) is 36.1 Å². The van der Waals surface area contributed by atoms with E-state index in [0.717, 1.165) is 6.54 Å². The summed E-state index contributed by atoms with van der Waals surface area (Å²) in [5, 5.41) is 0. The van der Waals surface area contributed by atoms with Gasteiger partial charge in [0, 0.05) is 38.3 Å². The van der Waals surface area contributed by atoms with E-state index in [4.69, 9.17) is 0 Å². The maximum Gasteiger partial charge on any atom is 0.169 e. The topological polar surface area (TPSA) is 7.12 Å². The second-order valence-electron chi connectivity index (χ2n) is 5.90. The molecule has 0 radical (unpaired) electrons. The van der Waals surface area contributed by atoms with Crippen molar-refractivity contribution in [3.8, 4) is 0 Å². The number of hydrogen-bond acceptors (Lipinski definition) is 1. The molecule has 0 N–H and O–H groups in total. The Kier molecular flexibility index (Phi) is 6.20. The Bertz CT molecular complexity index is 580. The molecule has 0 unspecified atom stereocenters. The Balaban J connectivity index is 1.94. The van der Waals surface area contributed by atoms with Crippen LogP contribution in [-0.2, 0) is 6.54 Å². The molecule has 2 rings (SSSR count). The number of benzene rings is 1. The smallest absolute Gasteiger partial charge is 0.169 e. The highest BCUT2D eigenvalue weighted by Crippen LogP contribution is 2.14. The summed E-state index contributed by atoms with van der Waals surface area (Å²) >= 11 is 0. The molecule has 22 heavy (non-hydrogen) atoms. The number of unbranched alkanes of at least 4 members (excludes halogenated alkanes) is 2. The lowest BCUT2D eigenvalue weighted by Gasteiger charge is -2.11. The minimum absolute atomic E-state index is 1.11. The second-order valence-corrected chi connectivity index (χ2v) is 5.90. The van der Waals surface area contributed by atoms with Gasteiger partial charge in [-0.25, -0.2) is 4.57 Å². The van der Waals surface area contributed by atoms with Crippen molar-refractivity contribution < 1.29 is 4.57 Å². The van der Waals surface area contributed by atoms with E-state index in [-0.39, 0.29) is 0 Å². The number of nitrogens with zero attached hydrogens (tertiary/aromatic N) is 2. The monoisotopic (exact) mass is 295 g/mol. The van der Waals surface area contributed by atoms with Gasteiger partial charge in [-0.15, -0.1) is 0 Å². The number of rotatable bonds is 7. The Morgan fingerprint density at radius 3 is 2.00 bits per heavy atom. The van der Waals surface area contributed by atoms with E-state index in [1.807, 2.05) is 0 Å². The molecule has 0 amide bonds. The summed E-state index contributed by atoms with van der Waals surface area (Å²) in [6.07, 6.45) is 12.5. The third-order valence-corrected chi connectivity index (χ3v) is 3.81. The second kappa shape index (κ2) is 8.38. The van der Waals surface area contributed by atoms with E-state index < -0.39 is 0 Å². The third-order valence-electron chi connectivity index (χ3n) is 3.81. The van der Waals surface area contributed by atoms with E-state index in [0.29, 0.717) is 0 Å². The molecule has 0 aliphatic rings. The van der Waals surface area contributed by atoms with Crippen LogP contribution in [0, 0.1) is 0 Å². The van der Waals surface area contributed by atoms with E-state index >= 15 is 0 Å². The standard InChI is InChI=1S/C20H27N2/c1-4-5-6-15-22-16-13-19(14-17-22)8-7-18-9-11-20(12-10-18)21(2)3/h7-14,16-17H,4-6,15H2,1-3H3/q+1. The zero-order valence-electron chi connectivity index (χ0n) is 14.0. The SMILES string of the molecule is CCCCC[n+]1ccc(/C=C/c2ccc(N(C)C)cc2)cc1. The lowest BCUT2D eigenvalue weighted by Crippen LogP contribution is -2.32. The highest BCUT2D eigenvalue weighted by molar-refractivity contribution is 5.70. The van der Waals surface area contributed by atoms with Crippen molar-refractivity contribution in [2.75, 3.05) is 19.0 Å². The van der Waals surface area contributed by atoms with Gasteiger partial charge in [0.2, 0.25) is 0 Å². The van der Waals surface area contributed by atoms with Gasteiger partial charge in [-0.05, 0) is 29.7 Å². The molecule has 0 fully saturated rings. The van der Waals surface area contributed by atoms with Crippen molar-refractivity contribution in [1.29, 1.82) is 0 Å². The number of anilines is 1. The highest BCUT2D eigenvalue weighted by Gasteiger charge is 1.99. The molecule has 2 nitrogen and oxygen atoms in total. The van der Waals surface area contributed by atoms with Crippen molar-refractivity contribution in [1.82, 2.24) is 0 Å². The summed E-state index contributed by atoms with van der Waals surface area (Å²) in [7, 11) is 4.12. The zero-order chi connectivity index (χ0) is 15.8. The summed E-state index contributed by atoms with van der Waals surface area (Å²) in [5.74, 6) is 0. The first-order valence-corrected chi connectivity index (χ1v) is 8.13. The van der Waals surface area contributed by atoms with Crippen LogP contribution in [0.25, 0.3) is 12.2 Å². The molecule has 0 saturated carbocycles. The Hall–Kier alpha value is -2.09. The molecule has 0 aliphatic heterocycles. The predicted molar refractivity (Wildman–Crippen MR) is 95.9 cm³/mol. The molecule has 0 bridgehead atoms. The van der Waals surface area contributed by atoms with Gasteiger partial charge >= 0.3 is 0 Å². The summed E-state index contributed by atoms with van der Waals surface area (Å²) in [6.45, 7) is 3.35. The summed E-state index contributed by atoms with van der Waals surface area (Å²) in [6, 6.07) is 12.9. The van der Waals surface area contributed by atoms with Crippen LogP contribution in [0.2, 0.25) is 0 Å². The van der Waals surface area contributed by atoms with Crippen LogP contribution in [-0.4, -0.2) is 14.1 Å². The van der Waals surface area contributed by atoms with Gasteiger partial charge in [-0.1, -0.05) is 37.6 Å². The molecule has 1 aromatic carbocycles. The van der Waals surface area contributed by atoms with E-state index in [1.54, 1.807) is 0 Å². The first-order valence-electron chi connectivity index (χ1n) is 8.13. The highest BCUT2D eigenvalue weighted by atomic mass is 15.1. The zero-order valence-corrected chi connectivity index (χ0v) is 14.0. The van der Waals surface area contributed by atoms with Crippen LogP contribution >= 0.6 is 0 Å². The quantitative estimate of drug-likeness (QED) is 0.542. The Morgan fingerprint density at radius 2 is 1.45 bits per heavy atom. The molecule has 2 heteroatoms. The first-order chi connectivity index (χ1) is 10.7. The fourth-order valence-corrected chi connectivity index (χ4v) is 2.35. The van der Waals surface area contributed by atoms with E-state index in [2.05, 4.69) is 91.4 Å². The van der Waals surface area contributed by atoms with Crippen molar-refractivity contribution in [2.24, 2.45) is 0 Å². The van der Waals surface area contributed by atoms with Crippen LogP contribution in [0.3, 0.4) is 0 Å². The number of hydrogen-bond donors (Lipinski definition) is 0. The Labute approximate surface area is 134 Å². The minimum Gasteiger partial charge on any atom is -0.378 e. The molecule has 1 heterocycles. The van der Waals surface area contributed by atoms with Gasteiger partial charge in [0.1, 0.15) is 6.54 Å². The average Bonchev–Trinajstić information content (AvgIpc) is 2.55. The van der Waals surface area contributed by atoms with Crippen LogP contribution in [0.4, 0.5) is 5.69 Å². The van der Waals surface area contributed by atoms with Gasteiger partial charge in [0.05, 0.1) is 0 Å². The summed E-state index contributed by atoms with van der Waals surface area (Å²) in [4.78, 5) is 2.11. The molecule has 0 aliphatic carbocycles. The maximum atomic E-state index is 2.26. The van der Waals surface area contributed by atoms with Gasteiger partial charge in [-0.3, -0.25) is 0 Å². The first kappa shape index (κ1) is 16.3. The minimum atomic E-state index is 1.11. The van der Waals surface area contributed by atoms with Crippen molar-refractivity contribution in [2.45, 2.75) is 32.7 Å². The van der Waals surface area contributed by atoms with Gasteiger partial charge in [-0.2, -0.15) is 0 Å². The molecular weight excluding hydrogens is 268 g/mol. The summed E-state index contributed by atoms with van der Waals surface area (Å²) in [5.41, 5.74) is 3.69. The molecule has 2 aromatic rings. The van der Waals surface area contributed by atoms with Crippen molar-refractivity contribution in [3.63, 3.8) is 0 Å². The molecule has 0 saturated heterocycles. The lowest BCUT2D eigenvalue weighted by molar-refractivity contribution is -0.697. The molecule has 116 valence electrons. The number of aryl methyl sites for hydroxylation is 1. The van der Waals surface area contributed by atoms with Crippen molar-refractivity contribution in [3.05, 3.63) is 59.9 Å². The van der Waals surface area contributed by atoms with Crippen LogP contribution in [0.1, 0.15) is 37.3 Å². The molecular formula is C20H27N2+. The number of pyridine rings is 1. The van der Waals surface area contributed by atoms with Gasteiger partial charge in [0.15, 0.2) is 12.4 Å². The fourth-order valence-electron chi connectivity index (χ4n) is 2.35. The van der Waals surface area contributed by atoms with E-state index in [9.17, 15) is 0 Å². The van der Waals surface area contributed by atoms with Crippen LogP contribution in [0.15, 0.2) is 48.8 Å². The molecule has 0 spiro atoms. The fraction of sp³-hybridized carbons (Fsp3) is 0.350. The van der Waals surface area contributed by atoms with Crippen LogP contribution < -0.4 is 9.47 Å². The van der Waals surface area contributed by atoms with Crippen molar-refractivity contribution >= 4 is 17.8 Å². The Morgan fingerprint density at radius 1 is 0.864 bits per heavy atom. The normalized spacial score (nSPS) is 11.0. The predicted octanol–water partition coefficient (Wildman–Crippen LogP) is 4.40. The number of aromatic nitrogens is 1. The maximum absolute atomic E-state index is 2.26. The lowest BCUT2D eigenvalue weighted by atomic mass is 10.1. The van der Waals surface area contributed by atoms with Gasteiger partial charge in [0.25, 0.3) is 0 Å². The largest absolute Gasteiger partial charge is 0.378 e.